The van der Waals surface area contributed by atoms with E-state index in [4.69, 9.17) is 0 Å². The first-order chi connectivity index (χ1) is 12.1. The first kappa shape index (κ1) is 15.1. The number of nitrogens with one attached hydrogen (secondary N) is 1. The van der Waals surface area contributed by atoms with Crippen molar-refractivity contribution in [3.8, 4) is 0 Å². The Hall–Kier alpha value is -3.48. The van der Waals surface area contributed by atoms with Gasteiger partial charge in [-0.25, -0.2) is 9.07 Å². The SMILES string of the molecule is O=C(Cn1ncn2c(cc3ccccc32)c1=O)Nc1cccc(F)c1. The molecule has 0 saturated carbocycles. The van der Waals surface area contributed by atoms with Gasteiger partial charge in [-0.05, 0) is 30.3 Å². The minimum absolute atomic E-state index is 0.257. The van der Waals surface area contributed by atoms with Crippen LogP contribution in [0.2, 0.25) is 0 Å². The number of aromatic nitrogens is 3. The third-order valence-corrected chi connectivity index (χ3v) is 3.91. The number of carbonyl (C=O) groups excluding carboxylic acids is 1. The van der Waals surface area contributed by atoms with E-state index < -0.39 is 11.7 Å². The van der Waals surface area contributed by atoms with Crippen LogP contribution in [0.5, 0.6) is 0 Å². The van der Waals surface area contributed by atoms with Crippen molar-refractivity contribution in [2.75, 3.05) is 5.32 Å². The van der Waals surface area contributed by atoms with Crippen molar-refractivity contribution in [2.45, 2.75) is 6.54 Å². The molecule has 25 heavy (non-hydrogen) atoms. The lowest BCUT2D eigenvalue weighted by Crippen LogP contribution is -2.30. The van der Waals surface area contributed by atoms with Gasteiger partial charge in [0.1, 0.15) is 24.2 Å². The first-order valence-corrected chi connectivity index (χ1v) is 7.63. The molecule has 0 fully saturated rings. The predicted molar refractivity (Wildman–Crippen MR) is 92.0 cm³/mol. The summed E-state index contributed by atoms with van der Waals surface area (Å²) in [5.41, 5.74) is 1.27. The molecule has 4 rings (SSSR count). The molecule has 0 bridgehead atoms. The highest BCUT2D eigenvalue weighted by atomic mass is 19.1. The molecule has 4 aromatic rings. The van der Waals surface area contributed by atoms with Crippen molar-refractivity contribution in [2.24, 2.45) is 0 Å². The van der Waals surface area contributed by atoms with E-state index >= 15 is 0 Å². The van der Waals surface area contributed by atoms with E-state index in [0.717, 1.165) is 15.6 Å². The number of halogens is 1. The maximum atomic E-state index is 13.2. The van der Waals surface area contributed by atoms with Gasteiger partial charge in [0.05, 0.1) is 5.52 Å². The summed E-state index contributed by atoms with van der Waals surface area (Å²) in [5.74, 6) is -0.907. The second-order valence-corrected chi connectivity index (χ2v) is 5.61. The summed E-state index contributed by atoms with van der Waals surface area (Å²) < 4.78 is 15.9. The second kappa shape index (κ2) is 5.86. The van der Waals surface area contributed by atoms with Gasteiger partial charge in [0, 0.05) is 11.1 Å². The number of para-hydroxylation sites is 1. The molecule has 7 heteroatoms. The Morgan fingerprint density at radius 2 is 1.92 bits per heavy atom. The summed E-state index contributed by atoms with van der Waals surface area (Å²) in [5, 5.41) is 7.53. The fourth-order valence-corrected chi connectivity index (χ4v) is 2.78. The monoisotopic (exact) mass is 336 g/mol. The molecule has 0 saturated heterocycles. The number of benzene rings is 2. The van der Waals surface area contributed by atoms with E-state index in [-0.39, 0.29) is 12.1 Å². The van der Waals surface area contributed by atoms with Crippen molar-refractivity contribution >= 4 is 28.0 Å². The molecule has 0 aliphatic carbocycles. The lowest BCUT2D eigenvalue weighted by atomic mass is 10.2. The fraction of sp³-hybridized carbons (Fsp3) is 0.0556. The van der Waals surface area contributed by atoms with Crippen molar-refractivity contribution in [1.82, 2.24) is 14.2 Å². The van der Waals surface area contributed by atoms with Gasteiger partial charge in [-0.1, -0.05) is 24.3 Å². The Balaban J connectivity index is 1.65. The van der Waals surface area contributed by atoms with Gasteiger partial charge >= 0.3 is 0 Å². The lowest BCUT2D eigenvalue weighted by Gasteiger charge is -2.07. The summed E-state index contributed by atoms with van der Waals surface area (Å²) in [4.78, 5) is 24.7. The Labute approximate surface area is 141 Å². The van der Waals surface area contributed by atoms with Crippen LogP contribution >= 0.6 is 0 Å². The summed E-state index contributed by atoms with van der Waals surface area (Å²) in [7, 11) is 0. The van der Waals surface area contributed by atoms with E-state index in [1.807, 2.05) is 24.3 Å². The van der Waals surface area contributed by atoms with Gasteiger partial charge < -0.3 is 5.32 Å². The zero-order valence-electron chi connectivity index (χ0n) is 13.0. The summed E-state index contributed by atoms with van der Waals surface area (Å²) in [6, 6.07) is 14.9. The molecule has 0 aliphatic heterocycles. The van der Waals surface area contributed by atoms with Crippen LogP contribution in [0.4, 0.5) is 10.1 Å². The van der Waals surface area contributed by atoms with Crippen molar-refractivity contribution in [1.29, 1.82) is 0 Å². The molecule has 1 amide bonds. The van der Waals surface area contributed by atoms with E-state index in [9.17, 15) is 14.0 Å². The molecule has 6 nitrogen and oxygen atoms in total. The third kappa shape index (κ3) is 2.76. The van der Waals surface area contributed by atoms with Crippen molar-refractivity contribution < 1.29 is 9.18 Å². The molecule has 0 radical (unpaired) electrons. The molecule has 0 atom stereocenters. The molecular weight excluding hydrogens is 323 g/mol. The highest BCUT2D eigenvalue weighted by Crippen LogP contribution is 2.16. The maximum absolute atomic E-state index is 13.2. The van der Waals surface area contributed by atoms with Crippen LogP contribution in [0.1, 0.15) is 0 Å². The molecule has 2 aromatic carbocycles. The molecule has 124 valence electrons. The average molecular weight is 336 g/mol. The zero-order valence-corrected chi connectivity index (χ0v) is 13.0. The molecule has 1 N–H and O–H groups in total. The molecule has 2 aromatic heterocycles. The number of fused-ring (bicyclic) bond motifs is 3. The number of rotatable bonds is 3. The van der Waals surface area contributed by atoms with Gasteiger partial charge in [0.25, 0.3) is 5.56 Å². The van der Waals surface area contributed by atoms with Crippen molar-refractivity contribution in [3.63, 3.8) is 0 Å². The van der Waals surface area contributed by atoms with E-state index in [0.29, 0.717) is 11.2 Å². The van der Waals surface area contributed by atoms with Crippen LogP contribution in [0.3, 0.4) is 0 Å². The largest absolute Gasteiger partial charge is 0.324 e. The Morgan fingerprint density at radius 1 is 1.08 bits per heavy atom. The van der Waals surface area contributed by atoms with Crippen LogP contribution < -0.4 is 10.9 Å². The number of nitrogens with zero attached hydrogens (tertiary/aromatic N) is 3. The highest BCUT2D eigenvalue weighted by molar-refractivity contribution is 5.90. The average Bonchev–Trinajstić information content (AvgIpc) is 2.97. The van der Waals surface area contributed by atoms with Gasteiger partial charge in [0.2, 0.25) is 5.91 Å². The summed E-state index contributed by atoms with van der Waals surface area (Å²) in [6.07, 6.45) is 1.51. The standard InChI is InChI=1S/C18H13FN4O2/c19-13-5-3-6-14(9-13)21-17(24)10-23-18(25)16-8-12-4-1-2-7-15(12)22(16)11-20-23/h1-9,11H,10H2,(H,21,24). The van der Waals surface area contributed by atoms with E-state index in [1.165, 1.54) is 24.5 Å². The van der Waals surface area contributed by atoms with Crippen LogP contribution in [0, 0.1) is 5.82 Å². The van der Waals surface area contributed by atoms with Crippen LogP contribution in [0.25, 0.3) is 16.4 Å². The van der Waals surface area contributed by atoms with E-state index in [2.05, 4.69) is 10.4 Å². The molecule has 0 aliphatic rings. The zero-order chi connectivity index (χ0) is 17.4. The van der Waals surface area contributed by atoms with Crippen molar-refractivity contribution in [3.05, 3.63) is 77.1 Å². The van der Waals surface area contributed by atoms with Gasteiger partial charge in [-0.2, -0.15) is 5.10 Å². The minimum Gasteiger partial charge on any atom is -0.324 e. The van der Waals surface area contributed by atoms with Gasteiger partial charge in [-0.15, -0.1) is 0 Å². The maximum Gasteiger partial charge on any atom is 0.291 e. The topological polar surface area (TPSA) is 68.4 Å². The number of hydrogen-bond donors (Lipinski definition) is 1. The molecule has 0 unspecified atom stereocenters. The quantitative estimate of drug-likeness (QED) is 0.625. The number of anilines is 1. The van der Waals surface area contributed by atoms with Gasteiger partial charge in [-0.3, -0.25) is 14.0 Å². The highest BCUT2D eigenvalue weighted by Gasteiger charge is 2.11. The normalized spacial score (nSPS) is 11.1. The molecule has 2 heterocycles. The number of amides is 1. The number of hydrogen-bond acceptors (Lipinski definition) is 3. The first-order valence-electron chi connectivity index (χ1n) is 7.63. The lowest BCUT2D eigenvalue weighted by molar-refractivity contribution is -0.117. The summed E-state index contributed by atoms with van der Waals surface area (Å²) >= 11 is 0. The minimum atomic E-state index is -0.458. The predicted octanol–water partition coefficient (Wildman–Crippen LogP) is 2.43. The molecular formula is C18H13FN4O2. The third-order valence-electron chi connectivity index (χ3n) is 3.91. The van der Waals surface area contributed by atoms with Crippen LogP contribution in [-0.4, -0.2) is 20.1 Å². The van der Waals surface area contributed by atoms with Crippen LogP contribution in [0.15, 0.2) is 65.7 Å². The van der Waals surface area contributed by atoms with Crippen LogP contribution in [-0.2, 0) is 11.3 Å². The Morgan fingerprint density at radius 3 is 2.76 bits per heavy atom. The second-order valence-electron chi connectivity index (χ2n) is 5.61. The smallest absolute Gasteiger partial charge is 0.291 e. The van der Waals surface area contributed by atoms with E-state index in [1.54, 1.807) is 16.5 Å². The fourth-order valence-electron chi connectivity index (χ4n) is 2.78. The number of carbonyl (C=O) groups is 1. The summed E-state index contributed by atoms with van der Waals surface area (Å²) in [6.45, 7) is -0.257. The Bertz CT molecular complexity index is 1160. The Kier molecular flexibility index (Phi) is 3.53. The van der Waals surface area contributed by atoms with Gasteiger partial charge in [0.15, 0.2) is 0 Å². The molecule has 0 spiro atoms.